The van der Waals surface area contributed by atoms with Crippen LogP contribution in [0.3, 0.4) is 0 Å². The van der Waals surface area contributed by atoms with Crippen LogP contribution in [-0.4, -0.2) is 46.6 Å². The van der Waals surface area contributed by atoms with Gasteiger partial charge >= 0.3 is 6.17 Å². The van der Waals surface area contributed by atoms with Crippen LogP contribution < -0.4 is 4.90 Å². The quantitative estimate of drug-likeness (QED) is 0.617. The van der Waals surface area contributed by atoms with Crippen LogP contribution in [0.5, 0.6) is 0 Å². The highest BCUT2D eigenvalue weighted by atomic mass is 35.5. The Labute approximate surface area is 156 Å². The number of aromatic nitrogens is 2. The van der Waals surface area contributed by atoms with Gasteiger partial charge in [0, 0.05) is 23.5 Å². The van der Waals surface area contributed by atoms with Gasteiger partial charge in [0.25, 0.3) is 5.91 Å². The summed E-state index contributed by atoms with van der Waals surface area (Å²) in [6.07, 6.45) is 4.57. The van der Waals surface area contributed by atoms with Crippen molar-refractivity contribution in [3.8, 4) is 0 Å². The lowest BCUT2D eigenvalue weighted by Crippen LogP contribution is -2.53. The molecule has 2 fully saturated rings. The van der Waals surface area contributed by atoms with E-state index in [1.54, 1.807) is 4.90 Å². The van der Waals surface area contributed by atoms with Crippen molar-refractivity contribution in [2.75, 3.05) is 24.5 Å². The van der Waals surface area contributed by atoms with E-state index in [1.165, 1.54) is 12.4 Å². The van der Waals surface area contributed by atoms with Crippen LogP contribution in [0.2, 0.25) is 5.02 Å². The SMILES string of the molecule is [C-]#[N+]C1CN(c2ncnc3cc(Cl)c(C4CC4)cc23)CCN1C(=O)C=C. The van der Waals surface area contributed by atoms with Crippen molar-refractivity contribution in [2.45, 2.75) is 24.9 Å². The smallest absolute Gasteiger partial charge is 0.318 e. The van der Waals surface area contributed by atoms with E-state index in [0.29, 0.717) is 25.6 Å². The first-order valence-electron chi connectivity index (χ1n) is 8.61. The number of carbonyl (C=O) groups is 1. The Balaban J connectivity index is 1.71. The molecule has 1 unspecified atom stereocenters. The number of anilines is 1. The fourth-order valence-electron chi connectivity index (χ4n) is 3.48. The first kappa shape index (κ1) is 16.8. The van der Waals surface area contributed by atoms with Gasteiger partial charge in [-0.2, -0.15) is 0 Å². The van der Waals surface area contributed by atoms with Crippen molar-refractivity contribution in [1.82, 2.24) is 14.9 Å². The largest absolute Gasteiger partial charge is 0.344 e. The summed E-state index contributed by atoms with van der Waals surface area (Å²) in [7, 11) is 0. The number of halogens is 1. The first-order valence-corrected chi connectivity index (χ1v) is 8.99. The standard InChI is InChI=1S/C19H18ClN5O/c1-3-18(26)25-7-6-24(10-17(25)21-2)19-14-8-13(12-4-5-12)15(20)9-16(14)22-11-23-19/h3,8-9,11-12,17H,1,4-7,10H2. The lowest BCUT2D eigenvalue weighted by molar-refractivity contribution is -0.127. The van der Waals surface area contributed by atoms with E-state index in [1.807, 2.05) is 6.07 Å². The molecular formula is C19H18ClN5O. The van der Waals surface area contributed by atoms with E-state index in [-0.39, 0.29) is 5.91 Å². The minimum atomic E-state index is -0.547. The maximum Gasteiger partial charge on any atom is 0.318 e. The summed E-state index contributed by atoms with van der Waals surface area (Å²) in [4.78, 5) is 28.0. The highest BCUT2D eigenvalue weighted by Crippen LogP contribution is 2.45. The van der Waals surface area contributed by atoms with Gasteiger partial charge in [0.2, 0.25) is 0 Å². The van der Waals surface area contributed by atoms with Crippen LogP contribution in [0.1, 0.15) is 24.3 Å². The van der Waals surface area contributed by atoms with Crippen LogP contribution in [0, 0.1) is 6.57 Å². The summed E-state index contributed by atoms with van der Waals surface area (Å²) in [5.41, 5.74) is 1.95. The van der Waals surface area contributed by atoms with Crippen molar-refractivity contribution >= 4 is 34.2 Å². The van der Waals surface area contributed by atoms with Crippen LogP contribution in [-0.2, 0) is 4.79 Å². The van der Waals surface area contributed by atoms with Crippen molar-refractivity contribution in [3.63, 3.8) is 0 Å². The van der Waals surface area contributed by atoms with Crippen LogP contribution in [0.25, 0.3) is 15.7 Å². The summed E-state index contributed by atoms with van der Waals surface area (Å²) in [5, 5.41) is 1.70. The molecule has 26 heavy (non-hydrogen) atoms. The third-order valence-electron chi connectivity index (χ3n) is 5.01. The molecule has 0 radical (unpaired) electrons. The number of hydrogen-bond donors (Lipinski definition) is 0. The van der Waals surface area contributed by atoms with Gasteiger partial charge in [-0.3, -0.25) is 14.5 Å². The summed E-state index contributed by atoms with van der Waals surface area (Å²) >= 11 is 6.42. The molecule has 1 aromatic heterocycles. The summed E-state index contributed by atoms with van der Waals surface area (Å²) < 4.78 is 0. The molecule has 1 aromatic carbocycles. The van der Waals surface area contributed by atoms with Gasteiger partial charge in [0.1, 0.15) is 18.7 Å². The lowest BCUT2D eigenvalue weighted by Gasteiger charge is -2.35. The summed E-state index contributed by atoms with van der Waals surface area (Å²) in [6, 6.07) is 4.00. The molecule has 6 nitrogen and oxygen atoms in total. The minimum absolute atomic E-state index is 0.207. The van der Waals surface area contributed by atoms with E-state index in [4.69, 9.17) is 18.2 Å². The Bertz CT molecular complexity index is 933. The molecule has 4 rings (SSSR count). The fourth-order valence-corrected chi connectivity index (χ4v) is 3.79. The zero-order valence-electron chi connectivity index (χ0n) is 14.2. The number of rotatable bonds is 3. The van der Waals surface area contributed by atoms with Gasteiger partial charge in [-0.15, -0.1) is 0 Å². The molecule has 1 saturated carbocycles. The second kappa shape index (κ2) is 6.58. The number of carbonyl (C=O) groups excluding carboxylic acids is 1. The molecule has 1 saturated heterocycles. The molecule has 0 spiro atoms. The number of nitrogens with zero attached hydrogens (tertiary/aromatic N) is 5. The van der Waals surface area contributed by atoms with Gasteiger partial charge in [0.15, 0.2) is 0 Å². The van der Waals surface area contributed by atoms with Gasteiger partial charge < -0.3 is 4.90 Å². The Morgan fingerprint density at radius 3 is 2.85 bits per heavy atom. The molecule has 0 N–H and O–H groups in total. The number of amides is 1. The van der Waals surface area contributed by atoms with Crippen LogP contribution >= 0.6 is 11.6 Å². The van der Waals surface area contributed by atoms with Gasteiger partial charge in [-0.05, 0) is 42.5 Å². The summed E-state index contributed by atoms with van der Waals surface area (Å²) in [5.74, 6) is 1.12. The minimum Gasteiger partial charge on any atom is -0.344 e. The highest BCUT2D eigenvalue weighted by molar-refractivity contribution is 6.32. The van der Waals surface area contributed by atoms with Crippen molar-refractivity contribution in [1.29, 1.82) is 0 Å². The first-order chi connectivity index (χ1) is 12.6. The molecule has 0 bridgehead atoms. The van der Waals surface area contributed by atoms with Gasteiger partial charge in [-0.25, -0.2) is 16.5 Å². The molecule has 1 atom stereocenters. The van der Waals surface area contributed by atoms with E-state index in [2.05, 4.69) is 32.4 Å². The molecule has 2 aromatic rings. The molecule has 132 valence electrons. The van der Waals surface area contributed by atoms with E-state index in [9.17, 15) is 4.79 Å². The third kappa shape index (κ3) is 2.89. The Morgan fingerprint density at radius 2 is 2.15 bits per heavy atom. The second-order valence-corrected chi connectivity index (χ2v) is 7.06. The zero-order chi connectivity index (χ0) is 18.3. The van der Waals surface area contributed by atoms with Crippen molar-refractivity contribution < 1.29 is 4.79 Å². The van der Waals surface area contributed by atoms with Gasteiger partial charge in [-0.1, -0.05) is 18.2 Å². The number of benzene rings is 1. The third-order valence-corrected chi connectivity index (χ3v) is 5.34. The maximum absolute atomic E-state index is 12.0. The van der Waals surface area contributed by atoms with Gasteiger partial charge in [0.05, 0.1) is 5.52 Å². The number of hydrogen-bond acceptors (Lipinski definition) is 4. The Kier molecular flexibility index (Phi) is 4.25. The van der Waals surface area contributed by atoms with Crippen molar-refractivity contribution in [3.05, 3.63) is 53.1 Å². The lowest BCUT2D eigenvalue weighted by atomic mass is 10.1. The highest BCUT2D eigenvalue weighted by Gasteiger charge is 2.35. The van der Waals surface area contributed by atoms with E-state index >= 15 is 0 Å². The Morgan fingerprint density at radius 1 is 1.35 bits per heavy atom. The fraction of sp³-hybridized carbons (Fsp3) is 0.368. The summed E-state index contributed by atoms with van der Waals surface area (Å²) in [6.45, 7) is 12.5. The number of fused-ring (bicyclic) bond motifs is 1. The monoisotopic (exact) mass is 367 g/mol. The van der Waals surface area contributed by atoms with E-state index in [0.717, 1.165) is 40.1 Å². The van der Waals surface area contributed by atoms with Crippen molar-refractivity contribution in [2.24, 2.45) is 0 Å². The normalized spacial score (nSPS) is 20.1. The maximum atomic E-state index is 12.0. The predicted molar refractivity (Wildman–Crippen MR) is 101 cm³/mol. The predicted octanol–water partition coefficient (Wildman–Crippen LogP) is 3.24. The average molecular weight is 368 g/mol. The molecule has 2 aliphatic rings. The van der Waals surface area contributed by atoms with Crippen LogP contribution in [0.4, 0.5) is 5.82 Å². The second-order valence-electron chi connectivity index (χ2n) is 6.65. The molecular weight excluding hydrogens is 350 g/mol. The van der Waals surface area contributed by atoms with E-state index < -0.39 is 6.17 Å². The molecule has 7 heteroatoms. The topological polar surface area (TPSA) is 53.7 Å². The molecule has 1 aliphatic heterocycles. The number of piperazine rings is 1. The zero-order valence-corrected chi connectivity index (χ0v) is 15.0. The molecule has 2 heterocycles. The van der Waals surface area contributed by atoms with Crippen LogP contribution in [0.15, 0.2) is 31.1 Å². The average Bonchev–Trinajstić information content (AvgIpc) is 3.50. The Hall–Kier alpha value is -2.65. The molecule has 1 amide bonds. The molecule has 1 aliphatic carbocycles.